The van der Waals surface area contributed by atoms with Crippen molar-refractivity contribution in [3.63, 3.8) is 0 Å². The highest BCUT2D eigenvalue weighted by Crippen LogP contribution is 2.21. The lowest BCUT2D eigenvalue weighted by Crippen LogP contribution is -2.33. The third-order valence-electron chi connectivity index (χ3n) is 2.08. The Kier molecular flexibility index (Phi) is 1.61. The van der Waals surface area contributed by atoms with Gasteiger partial charge in [0.2, 0.25) is 0 Å². The van der Waals surface area contributed by atoms with Gasteiger partial charge in [0.15, 0.2) is 0 Å². The highest BCUT2D eigenvalue weighted by molar-refractivity contribution is 4.85. The van der Waals surface area contributed by atoms with Gasteiger partial charge in [-0.1, -0.05) is 0 Å². The summed E-state index contributed by atoms with van der Waals surface area (Å²) in [6.07, 6.45) is -0.0255. The quantitative estimate of drug-likeness (QED) is 0.513. The molecule has 0 aliphatic carbocycles. The molecule has 0 aromatic heterocycles. The van der Waals surface area contributed by atoms with Crippen molar-refractivity contribution in [2.24, 2.45) is 0 Å². The van der Waals surface area contributed by atoms with E-state index in [0.29, 0.717) is 26.1 Å². The summed E-state index contributed by atoms with van der Waals surface area (Å²) >= 11 is 0. The number of aliphatic hydroxyl groups is 1. The van der Waals surface area contributed by atoms with Gasteiger partial charge in [-0.25, -0.2) is 4.90 Å². The van der Waals surface area contributed by atoms with Crippen LogP contribution in [0.5, 0.6) is 0 Å². The molecule has 2 fully saturated rings. The van der Waals surface area contributed by atoms with E-state index in [1.54, 1.807) is 0 Å². The predicted molar refractivity (Wildman–Crippen MR) is 33.3 cm³/mol. The van der Waals surface area contributed by atoms with E-state index < -0.39 is 0 Å². The minimum atomic E-state index is -0.0255. The molecule has 0 bridgehead atoms. The largest absolute Gasteiger partial charge is 0.394 e. The van der Waals surface area contributed by atoms with Gasteiger partial charge >= 0.3 is 0 Å². The van der Waals surface area contributed by atoms with E-state index in [4.69, 9.17) is 14.6 Å². The van der Waals surface area contributed by atoms with Crippen molar-refractivity contribution in [3.8, 4) is 0 Å². The van der Waals surface area contributed by atoms with Crippen molar-refractivity contribution in [2.75, 3.05) is 26.7 Å². The van der Waals surface area contributed by atoms with Crippen LogP contribution in [-0.2, 0) is 9.47 Å². The second-order valence-corrected chi connectivity index (χ2v) is 2.67. The van der Waals surface area contributed by atoms with Gasteiger partial charge < -0.3 is 14.6 Å². The summed E-state index contributed by atoms with van der Waals surface area (Å²) in [5, 5.41) is 8.81. The number of nitrogens with zero attached hydrogens (tertiary/aromatic N) is 1. The summed E-state index contributed by atoms with van der Waals surface area (Å²) in [5.41, 5.74) is 0. The van der Waals surface area contributed by atoms with Crippen LogP contribution in [-0.4, -0.2) is 48.8 Å². The van der Waals surface area contributed by atoms with Gasteiger partial charge in [0.25, 0.3) is 0 Å². The van der Waals surface area contributed by atoms with Crippen LogP contribution in [0.3, 0.4) is 0 Å². The fraction of sp³-hybridized carbons (Fsp3) is 1.00. The maximum Gasteiger partial charge on any atom is 0.102 e. The van der Waals surface area contributed by atoms with Gasteiger partial charge in [0.1, 0.15) is 19.6 Å². The number of fused-ring (bicyclic) bond motifs is 1. The van der Waals surface area contributed by atoms with Gasteiger partial charge in [-0.2, -0.15) is 0 Å². The molecule has 2 heterocycles. The number of aliphatic hydroxyl groups excluding tert-OH is 1. The van der Waals surface area contributed by atoms with E-state index in [9.17, 15) is 0 Å². The summed E-state index contributed by atoms with van der Waals surface area (Å²) in [4.78, 5) is 2.08. The molecule has 4 heteroatoms. The third-order valence-corrected chi connectivity index (χ3v) is 2.08. The van der Waals surface area contributed by atoms with Crippen LogP contribution in [0.25, 0.3) is 0 Å². The van der Waals surface area contributed by atoms with Gasteiger partial charge in [-0.15, -0.1) is 0 Å². The molecule has 4 nitrogen and oxygen atoms in total. The maximum absolute atomic E-state index is 8.81. The van der Waals surface area contributed by atoms with Gasteiger partial charge in [0, 0.05) is 0 Å². The molecule has 0 saturated carbocycles. The summed E-state index contributed by atoms with van der Waals surface area (Å²) in [6.45, 7) is 2.06. The fourth-order valence-electron chi connectivity index (χ4n) is 1.44. The molecule has 2 saturated heterocycles. The van der Waals surface area contributed by atoms with E-state index in [-0.39, 0.29) is 12.7 Å². The molecule has 58 valence electrons. The Morgan fingerprint density at radius 2 is 2.40 bits per heavy atom. The van der Waals surface area contributed by atoms with Crippen LogP contribution in [0.1, 0.15) is 0 Å². The lowest BCUT2D eigenvalue weighted by Gasteiger charge is -2.12. The Morgan fingerprint density at radius 3 is 3.20 bits per heavy atom. The number of hydrogen-bond donors (Lipinski definition) is 1. The standard InChI is InChI=1S/C6H11NO3/c8-1-6-5-2-9-3-7(5)4-10-6/h5-6,8H,1-4H2. The second-order valence-electron chi connectivity index (χ2n) is 2.67. The van der Waals surface area contributed by atoms with Crippen LogP contribution in [0.15, 0.2) is 0 Å². The Hall–Kier alpha value is -0.160. The first kappa shape index (κ1) is 6.54. The zero-order valence-corrected chi connectivity index (χ0v) is 5.69. The monoisotopic (exact) mass is 145 g/mol. The molecule has 1 N–H and O–H groups in total. The van der Waals surface area contributed by atoms with Crippen LogP contribution >= 0.6 is 0 Å². The molecule has 0 amide bonds. The van der Waals surface area contributed by atoms with Crippen molar-refractivity contribution >= 4 is 0 Å². The molecular weight excluding hydrogens is 134 g/mol. The molecular formula is C6H11NO3. The molecule has 0 aromatic rings. The van der Waals surface area contributed by atoms with Crippen LogP contribution in [0, 0.1) is 0 Å². The first-order chi connectivity index (χ1) is 4.92. The van der Waals surface area contributed by atoms with E-state index in [2.05, 4.69) is 4.90 Å². The molecule has 2 rings (SSSR count). The molecule has 2 aliphatic rings. The van der Waals surface area contributed by atoms with Crippen molar-refractivity contribution in [2.45, 2.75) is 12.1 Å². The summed E-state index contributed by atoms with van der Waals surface area (Å²) in [5.74, 6) is 0. The number of ether oxygens (including phenoxy) is 2. The Morgan fingerprint density at radius 1 is 1.50 bits per heavy atom. The zero-order chi connectivity index (χ0) is 6.97. The lowest BCUT2D eigenvalue weighted by atomic mass is 10.2. The molecule has 2 atom stereocenters. The molecule has 10 heavy (non-hydrogen) atoms. The van der Waals surface area contributed by atoms with Crippen LogP contribution in [0.2, 0.25) is 0 Å². The SMILES string of the molecule is OCC1OCN2COCC12. The van der Waals surface area contributed by atoms with Crippen molar-refractivity contribution in [3.05, 3.63) is 0 Å². The predicted octanol–water partition coefficient (Wildman–Crippen LogP) is -1.01. The first-order valence-corrected chi connectivity index (χ1v) is 3.46. The molecule has 0 radical (unpaired) electrons. The molecule has 0 spiro atoms. The fourth-order valence-corrected chi connectivity index (χ4v) is 1.44. The molecule has 2 unspecified atom stereocenters. The first-order valence-electron chi connectivity index (χ1n) is 3.46. The summed E-state index contributed by atoms with van der Waals surface area (Å²) in [6, 6.07) is 0.296. The van der Waals surface area contributed by atoms with Crippen molar-refractivity contribution in [1.82, 2.24) is 4.90 Å². The Bertz CT molecular complexity index is 130. The summed E-state index contributed by atoms with van der Waals surface area (Å²) in [7, 11) is 0. The van der Waals surface area contributed by atoms with Crippen molar-refractivity contribution < 1.29 is 14.6 Å². The number of rotatable bonds is 1. The highest BCUT2D eigenvalue weighted by Gasteiger charge is 2.38. The average Bonchev–Trinajstić information content (AvgIpc) is 2.44. The van der Waals surface area contributed by atoms with Gasteiger partial charge in [0.05, 0.1) is 19.3 Å². The molecule has 0 aromatic carbocycles. The van der Waals surface area contributed by atoms with Gasteiger partial charge in [-0.3, -0.25) is 0 Å². The Labute approximate surface area is 59.3 Å². The lowest BCUT2D eigenvalue weighted by molar-refractivity contribution is 0.0140. The highest BCUT2D eigenvalue weighted by atomic mass is 16.6. The van der Waals surface area contributed by atoms with E-state index in [1.165, 1.54) is 0 Å². The number of hydrogen-bond acceptors (Lipinski definition) is 4. The van der Waals surface area contributed by atoms with E-state index in [1.807, 2.05) is 0 Å². The summed E-state index contributed by atoms with van der Waals surface area (Å²) < 4.78 is 10.4. The maximum atomic E-state index is 8.81. The Balaban J connectivity index is 2.01. The van der Waals surface area contributed by atoms with Crippen molar-refractivity contribution in [1.29, 1.82) is 0 Å². The minimum Gasteiger partial charge on any atom is -0.394 e. The second kappa shape index (κ2) is 2.47. The van der Waals surface area contributed by atoms with Crippen LogP contribution < -0.4 is 0 Å². The topological polar surface area (TPSA) is 41.9 Å². The van der Waals surface area contributed by atoms with E-state index in [0.717, 1.165) is 0 Å². The van der Waals surface area contributed by atoms with Crippen LogP contribution in [0.4, 0.5) is 0 Å². The molecule has 2 aliphatic heterocycles. The van der Waals surface area contributed by atoms with E-state index >= 15 is 0 Å². The van der Waals surface area contributed by atoms with Gasteiger partial charge in [-0.05, 0) is 0 Å². The smallest absolute Gasteiger partial charge is 0.102 e. The normalized spacial score (nSPS) is 40.5. The average molecular weight is 145 g/mol. The third kappa shape index (κ3) is 0.845. The minimum absolute atomic E-state index is 0.0255. The zero-order valence-electron chi connectivity index (χ0n) is 5.69.